The number of rotatable bonds is 7. The molecule has 1 aromatic rings. The van der Waals surface area contributed by atoms with Crippen LogP contribution in [0.25, 0.3) is 0 Å². The van der Waals surface area contributed by atoms with E-state index in [-0.39, 0.29) is 0 Å². The second-order valence-electron chi connectivity index (χ2n) is 3.95. The Bertz CT molecular complexity index is 246. The van der Waals surface area contributed by atoms with Gasteiger partial charge in [-0.25, -0.2) is 0 Å². The van der Waals surface area contributed by atoms with Gasteiger partial charge in [-0.15, -0.1) is 0 Å². The van der Waals surface area contributed by atoms with Crippen molar-refractivity contribution in [2.45, 2.75) is 39.3 Å². The van der Waals surface area contributed by atoms with Gasteiger partial charge in [-0.2, -0.15) is 0 Å². The average molecular weight is 210 g/mol. The molecule has 0 aromatic carbocycles. The van der Waals surface area contributed by atoms with Crippen LogP contribution in [0.5, 0.6) is 0 Å². The Hall–Kier alpha value is -0.800. The SMILES string of the molecule is CC[C@@H](C)N(CCCN)Cc1ccco1. The van der Waals surface area contributed by atoms with Gasteiger partial charge in [-0.05, 0) is 38.4 Å². The third-order valence-corrected chi connectivity index (χ3v) is 2.80. The highest BCUT2D eigenvalue weighted by Crippen LogP contribution is 2.11. The molecule has 3 nitrogen and oxygen atoms in total. The van der Waals surface area contributed by atoms with Crippen LogP contribution in [0.3, 0.4) is 0 Å². The van der Waals surface area contributed by atoms with E-state index in [0.717, 1.165) is 38.2 Å². The normalized spacial score (nSPS) is 13.3. The summed E-state index contributed by atoms with van der Waals surface area (Å²) in [5, 5.41) is 0. The molecule has 1 aromatic heterocycles. The van der Waals surface area contributed by atoms with E-state index in [1.165, 1.54) is 0 Å². The molecule has 0 unspecified atom stereocenters. The fraction of sp³-hybridized carbons (Fsp3) is 0.667. The van der Waals surface area contributed by atoms with E-state index in [1.54, 1.807) is 6.26 Å². The maximum atomic E-state index is 5.54. The van der Waals surface area contributed by atoms with Gasteiger partial charge in [0, 0.05) is 12.6 Å². The summed E-state index contributed by atoms with van der Waals surface area (Å²) in [6.07, 6.45) is 3.93. The molecule has 1 heterocycles. The van der Waals surface area contributed by atoms with Gasteiger partial charge in [0.05, 0.1) is 12.8 Å². The summed E-state index contributed by atoms with van der Waals surface area (Å²) in [5.41, 5.74) is 5.54. The van der Waals surface area contributed by atoms with Crippen LogP contribution in [0.1, 0.15) is 32.4 Å². The Morgan fingerprint density at radius 3 is 2.87 bits per heavy atom. The molecule has 3 heteroatoms. The van der Waals surface area contributed by atoms with Crippen LogP contribution in [-0.2, 0) is 6.54 Å². The topological polar surface area (TPSA) is 42.4 Å². The van der Waals surface area contributed by atoms with Crippen LogP contribution in [0, 0.1) is 0 Å². The molecule has 0 aliphatic carbocycles. The summed E-state index contributed by atoms with van der Waals surface area (Å²) < 4.78 is 5.37. The number of hydrogen-bond donors (Lipinski definition) is 1. The molecule has 0 radical (unpaired) electrons. The van der Waals surface area contributed by atoms with E-state index in [9.17, 15) is 0 Å². The highest BCUT2D eigenvalue weighted by atomic mass is 16.3. The Labute approximate surface area is 92.2 Å². The summed E-state index contributed by atoms with van der Waals surface area (Å²) in [6.45, 7) is 7.15. The zero-order chi connectivity index (χ0) is 11.1. The van der Waals surface area contributed by atoms with Crippen LogP contribution >= 0.6 is 0 Å². The third-order valence-electron chi connectivity index (χ3n) is 2.80. The van der Waals surface area contributed by atoms with E-state index in [0.29, 0.717) is 6.04 Å². The molecule has 86 valence electrons. The Morgan fingerprint density at radius 2 is 2.33 bits per heavy atom. The van der Waals surface area contributed by atoms with E-state index in [2.05, 4.69) is 18.7 Å². The number of furan rings is 1. The summed E-state index contributed by atoms with van der Waals surface area (Å²) in [6, 6.07) is 4.55. The molecule has 0 amide bonds. The predicted octanol–water partition coefficient (Wildman–Crippen LogP) is 2.23. The summed E-state index contributed by atoms with van der Waals surface area (Å²) in [4.78, 5) is 2.42. The third kappa shape index (κ3) is 4.06. The van der Waals surface area contributed by atoms with Crippen molar-refractivity contribution in [2.24, 2.45) is 5.73 Å². The molecule has 0 aliphatic rings. The molecular formula is C12H22N2O. The predicted molar refractivity (Wildman–Crippen MR) is 62.5 cm³/mol. The Balaban J connectivity index is 2.48. The first kappa shape index (κ1) is 12.3. The van der Waals surface area contributed by atoms with E-state index in [1.807, 2.05) is 12.1 Å². The average Bonchev–Trinajstić information content (AvgIpc) is 2.75. The lowest BCUT2D eigenvalue weighted by Gasteiger charge is -2.27. The van der Waals surface area contributed by atoms with Crippen LogP contribution in [-0.4, -0.2) is 24.0 Å². The molecule has 0 saturated carbocycles. The van der Waals surface area contributed by atoms with E-state index < -0.39 is 0 Å². The largest absolute Gasteiger partial charge is 0.468 e. The van der Waals surface area contributed by atoms with Gasteiger partial charge in [0.15, 0.2) is 0 Å². The van der Waals surface area contributed by atoms with Crippen molar-refractivity contribution in [3.05, 3.63) is 24.2 Å². The lowest BCUT2D eigenvalue weighted by atomic mass is 10.2. The van der Waals surface area contributed by atoms with Gasteiger partial charge in [0.2, 0.25) is 0 Å². The first-order chi connectivity index (χ1) is 7.27. The molecule has 15 heavy (non-hydrogen) atoms. The van der Waals surface area contributed by atoms with Gasteiger partial charge in [-0.3, -0.25) is 4.90 Å². The van der Waals surface area contributed by atoms with Crippen molar-refractivity contribution in [2.75, 3.05) is 13.1 Å². The summed E-state index contributed by atoms with van der Waals surface area (Å²) in [7, 11) is 0. The maximum Gasteiger partial charge on any atom is 0.117 e. The van der Waals surface area contributed by atoms with Crippen molar-refractivity contribution < 1.29 is 4.42 Å². The fourth-order valence-electron chi connectivity index (χ4n) is 1.61. The van der Waals surface area contributed by atoms with Gasteiger partial charge in [0.25, 0.3) is 0 Å². The first-order valence-electron chi connectivity index (χ1n) is 5.74. The Morgan fingerprint density at radius 1 is 1.53 bits per heavy atom. The van der Waals surface area contributed by atoms with E-state index in [4.69, 9.17) is 10.2 Å². The van der Waals surface area contributed by atoms with Crippen LogP contribution in [0.15, 0.2) is 22.8 Å². The minimum absolute atomic E-state index is 0.585. The lowest BCUT2D eigenvalue weighted by Crippen LogP contribution is -2.33. The smallest absolute Gasteiger partial charge is 0.117 e. The highest BCUT2D eigenvalue weighted by Gasteiger charge is 2.12. The van der Waals surface area contributed by atoms with Crippen LogP contribution < -0.4 is 5.73 Å². The molecule has 0 bridgehead atoms. The van der Waals surface area contributed by atoms with E-state index >= 15 is 0 Å². The highest BCUT2D eigenvalue weighted by molar-refractivity contribution is 4.98. The van der Waals surface area contributed by atoms with Gasteiger partial charge in [-0.1, -0.05) is 6.92 Å². The van der Waals surface area contributed by atoms with Crippen molar-refractivity contribution in [1.82, 2.24) is 4.90 Å². The van der Waals surface area contributed by atoms with Crippen molar-refractivity contribution in [1.29, 1.82) is 0 Å². The number of hydrogen-bond acceptors (Lipinski definition) is 3. The van der Waals surface area contributed by atoms with Crippen LogP contribution in [0.4, 0.5) is 0 Å². The standard InChI is InChI=1S/C12H22N2O/c1-3-11(2)14(8-5-7-13)10-12-6-4-9-15-12/h4,6,9,11H,3,5,7-8,10,13H2,1-2H3/t11-/m1/s1. The maximum absolute atomic E-state index is 5.54. The summed E-state index contributed by atoms with van der Waals surface area (Å²) in [5.74, 6) is 1.03. The summed E-state index contributed by atoms with van der Waals surface area (Å²) >= 11 is 0. The fourth-order valence-corrected chi connectivity index (χ4v) is 1.61. The van der Waals surface area contributed by atoms with Gasteiger partial charge in [0.1, 0.15) is 5.76 Å². The van der Waals surface area contributed by atoms with Crippen molar-refractivity contribution >= 4 is 0 Å². The lowest BCUT2D eigenvalue weighted by molar-refractivity contribution is 0.179. The second-order valence-corrected chi connectivity index (χ2v) is 3.95. The molecule has 0 saturated heterocycles. The molecule has 1 atom stereocenters. The van der Waals surface area contributed by atoms with Crippen molar-refractivity contribution in [3.63, 3.8) is 0 Å². The molecule has 0 aliphatic heterocycles. The number of nitrogens with zero attached hydrogens (tertiary/aromatic N) is 1. The minimum atomic E-state index is 0.585. The quantitative estimate of drug-likeness (QED) is 0.750. The molecular weight excluding hydrogens is 188 g/mol. The molecule has 0 spiro atoms. The monoisotopic (exact) mass is 210 g/mol. The number of nitrogens with two attached hydrogens (primary N) is 1. The zero-order valence-corrected chi connectivity index (χ0v) is 9.78. The van der Waals surface area contributed by atoms with Gasteiger partial charge >= 0.3 is 0 Å². The van der Waals surface area contributed by atoms with Crippen LogP contribution in [0.2, 0.25) is 0 Å². The first-order valence-corrected chi connectivity index (χ1v) is 5.74. The molecule has 0 fully saturated rings. The second kappa shape index (κ2) is 6.64. The molecule has 2 N–H and O–H groups in total. The van der Waals surface area contributed by atoms with Crippen molar-refractivity contribution in [3.8, 4) is 0 Å². The minimum Gasteiger partial charge on any atom is -0.468 e. The van der Waals surface area contributed by atoms with Gasteiger partial charge < -0.3 is 10.2 Å². The Kier molecular flexibility index (Phi) is 5.43. The molecule has 1 rings (SSSR count). The zero-order valence-electron chi connectivity index (χ0n) is 9.78.